The quantitative estimate of drug-likeness (QED) is 0.817. The van der Waals surface area contributed by atoms with Gasteiger partial charge in [0.15, 0.2) is 0 Å². The standard InChI is InChI=1S/C14H22N4/c1-17-8-3-4-11-10-18(9-6-12(11)17)13-5-2-7-16-14(13)15/h2,5,7,11-12H,3-4,6,8-10H2,1H3,(H2,15,16). The van der Waals surface area contributed by atoms with Crippen LogP contribution in [0.25, 0.3) is 0 Å². The number of nitrogens with two attached hydrogens (primary N) is 1. The molecular weight excluding hydrogens is 224 g/mol. The van der Waals surface area contributed by atoms with E-state index in [2.05, 4.69) is 27.9 Å². The van der Waals surface area contributed by atoms with E-state index in [4.69, 9.17) is 5.73 Å². The fourth-order valence-corrected chi connectivity index (χ4v) is 3.55. The van der Waals surface area contributed by atoms with Crippen molar-refractivity contribution in [3.05, 3.63) is 18.3 Å². The van der Waals surface area contributed by atoms with Gasteiger partial charge >= 0.3 is 0 Å². The Bertz CT molecular complexity index is 420. The number of pyridine rings is 1. The maximum Gasteiger partial charge on any atom is 0.146 e. The van der Waals surface area contributed by atoms with Crippen LogP contribution in [-0.4, -0.2) is 42.6 Å². The number of nitrogens with zero attached hydrogens (tertiary/aromatic N) is 3. The fourth-order valence-electron chi connectivity index (χ4n) is 3.55. The summed E-state index contributed by atoms with van der Waals surface area (Å²) in [5.74, 6) is 1.46. The molecule has 2 saturated heterocycles. The highest BCUT2D eigenvalue weighted by atomic mass is 15.2. The smallest absolute Gasteiger partial charge is 0.146 e. The summed E-state index contributed by atoms with van der Waals surface area (Å²) in [4.78, 5) is 9.16. The summed E-state index contributed by atoms with van der Waals surface area (Å²) in [6.45, 7) is 3.49. The van der Waals surface area contributed by atoms with Gasteiger partial charge in [0.05, 0.1) is 5.69 Å². The average molecular weight is 246 g/mol. The lowest BCUT2D eigenvalue weighted by Gasteiger charge is -2.46. The maximum absolute atomic E-state index is 5.98. The summed E-state index contributed by atoms with van der Waals surface area (Å²) in [5.41, 5.74) is 7.10. The zero-order chi connectivity index (χ0) is 12.5. The van der Waals surface area contributed by atoms with Crippen molar-refractivity contribution >= 4 is 11.5 Å². The Kier molecular flexibility index (Phi) is 3.12. The lowest BCUT2D eigenvalue weighted by molar-refractivity contribution is 0.102. The minimum absolute atomic E-state index is 0.667. The van der Waals surface area contributed by atoms with E-state index in [0.29, 0.717) is 5.82 Å². The van der Waals surface area contributed by atoms with Crippen LogP contribution in [0.4, 0.5) is 11.5 Å². The topological polar surface area (TPSA) is 45.4 Å². The maximum atomic E-state index is 5.98. The molecule has 0 bridgehead atoms. The third kappa shape index (κ3) is 2.05. The van der Waals surface area contributed by atoms with Crippen molar-refractivity contribution in [2.75, 3.05) is 37.3 Å². The van der Waals surface area contributed by atoms with Crippen LogP contribution in [0.3, 0.4) is 0 Å². The number of likely N-dealkylation sites (tertiary alicyclic amines) is 1. The highest BCUT2D eigenvalue weighted by Crippen LogP contribution is 2.33. The van der Waals surface area contributed by atoms with Crippen molar-refractivity contribution in [2.45, 2.75) is 25.3 Å². The van der Waals surface area contributed by atoms with Crippen LogP contribution in [-0.2, 0) is 0 Å². The van der Waals surface area contributed by atoms with Gasteiger partial charge in [0.25, 0.3) is 0 Å². The van der Waals surface area contributed by atoms with E-state index >= 15 is 0 Å². The van der Waals surface area contributed by atoms with Crippen LogP contribution in [0.15, 0.2) is 18.3 Å². The highest BCUT2D eigenvalue weighted by molar-refractivity contribution is 5.63. The van der Waals surface area contributed by atoms with Crippen molar-refractivity contribution in [1.29, 1.82) is 0 Å². The summed E-state index contributed by atoms with van der Waals surface area (Å²) < 4.78 is 0. The molecule has 4 heteroatoms. The van der Waals surface area contributed by atoms with Crippen LogP contribution >= 0.6 is 0 Å². The van der Waals surface area contributed by atoms with E-state index < -0.39 is 0 Å². The lowest BCUT2D eigenvalue weighted by Crippen LogP contribution is -2.52. The van der Waals surface area contributed by atoms with Gasteiger partial charge in [-0.1, -0.05) is 0 Å². The van der Waals surface area contributed by atoms with Gasteiger partial charge in [0, 0.05) is 25.3 Å². The van der Waals surface area contributed by atoms with Crippen molar-refractivity contribution in [1.82, 2.24) is 9.88 Å². The molecule has 0 saturated carbocycles. The number of piperidine rings is 2. The molecule has 3 rings (SSSR count). The molecule has 0 spiro atoms. The molecule has 4 nitrogen and oxygen atoms in total. The number of nitrogen functional groups attached to an aromatic ring is 1. The van der Waals surface area contributed by atoms with Crippen LogP contribution in [0, 0.1) is 5.92 Å². The molecule has 1 aromatic rings. The Morgan fingerprint density at radius 2 is 2.22 bits per heavy atom. The molecule has 1 aromatic heterocycles. The van der Waals surface area contributed by atoms with E-state index in [-0.39, 0.29) is 0 Å². The molecule has 0 radical (unpaired) electrons. The largest absolute Gasteiger partial charge is 0.382 e. The zero-order valence-corrected chi connectivity index (χ0v) is 11.0. The average Bonchev–Trinajstić information content (AvgIpc) is 2.39. The van der Waals surface area contributed by atoms with Gasteiger partial charge in [-0.3, -0.25) is 0 Å². The van der Waals surface area contributed by atoms with E-state index in [1.54, 1.807) is 6.20 Å². The third-order valence-electron chi connectivity index (χ3n) is 4.50. The van der Waals surface area contributed by atoms with Gasteiger partial charge in [0.1, 0.15) is 5.82 Å². The second kappa shape index (κ2) is 4.76. The molecule has 0 aromatic carbocycles. The second-order valence-corrected chi connectivity index (χ2v) is 5.59. The number of rotatable bonds is 1. The molecule has 2 unspecified atom stereocenters. The van der Waals surface area contributed by atoms with Gasteiger partial charge in [0.2, 0.25) is 0 Å². The minimum atomic E-state index is 0.667. The first kappa shape index (κ1) is 11.8. The molecule has 0 amide bonds. The Hall–Kier alpha value is -1.29. The second-order valence-electron chi connectivity index (χ2n) is 5.59. The van der Waals surface area contributed by atoms with E-state index in [0.717, 1.165) is 30.7 Å². The summed E-state index contributed by atoms with van der Waals surface area (Å²) >= 11 is 0. The molecule has 2 aliphatic rings. The zero-order valence-electron chi connectivity index (χ0n) is 11.0. The number of hydrogen-bond acceptors (Lipinski definition) is 4. The molecular formula is C14H22N4. The van der Waals surface area contributed by atoms with Crippen LogP contribution in [0.2, 0.25) is 0 Å². The van der Waals surface area contributed by atoms with Crippen molar-refractivity contribution in [3.63, 3.8) is 0 Å². The molecule has 18 heavy (non-hydrogen) atoms. The highest BCUT2D eigenvalue weighted by Gasteiger charge is 2.34. The Morgan fingerprint density at radius 3 is 3.06 bits per heavy atom. The van der Waals surface area contributed by atoms with E-state index in [9.17, 15) is 0 Å². The monoisotopic (exact) mass is 246 g/mol. The number of hydrogen-bond donors (Lipinski definition) is 1. The normalized spacial score (nSPS) is 29.1. The SMILES string of the molecule is CN1CCCC2CN(c3cccnc3N)CCC21. The van der Waals surface area contributed by atoms with Crippen LogP contribution in [0.5, 0.6) is 0 Å². The van der Waals surface area contributed by atoms with Gasteiger partial charge in [-0.25, -0.2) is 4.98 Å². The Labute approximate surface area is 109 Å². The number of anilines is 2. The van der Waals surface area contributed by atoms with Gasteiger partial charge in [-0.05, 0) is 50.9 Å². The first-order chi connectivity index (χ1) is 8.75. The minimum Gasteiger partial charge on any atom is -0.382 e. The first-order valence-corrected chi connectivity index (χ1v) is 6.91. The van der Waals surface area contributed by atoms with Crippen molar-refractivity contribution < 1.29 is 0 Å². The Balaban J connectivity index is 1.76. The van der Waals surface area contributed by atoms with Crippen LogP contribution < -0.4 is 10.6 Å². The summed E-state index contributed by atoms with van der Waals surface area (Å²) in [6.07, 6.45) is 5.69. The van der Waals surface area contributed by atoms with Crippen molar-refractivity contribution in [2.24, 2.45) is 5.92 Å². The van der Waals surface area contributed by atoms with E-state index in [1.807, 2.05) is 6.07 Å². The predicted molar refractivity (Wildman–Crippen MR) is 74.6 cm³/mol. The van der Waals surface area contributed by atoms with Gasteiger partial charge < -0.3 is 15.5 Å². The Morgan fingerprint density at radius 1 is 1.33 bits per heavy atom. The number of aromatic nitrogens is 1. The fraction of sp³-hybridized carbons (Fsp3) is 0.643. The molecule has 3 heterocycles. The summed E-state index contributed by atoms with van der Waals surface area (Å²) in [7, 11) is 2.27. The number of fused-ring (bicyclic) bond motifs is 1. The molecule has 2 fully saturated rings. The molecule has 2 atom stereocenters. The summed E-state index contributed by atoms with van der Waals surface area (Å²) in [5, 5.41) is 0. The third-order valence-corrected chi connectivity index (χ3v) is 4.50. The molecule has 0 aliphatic carbocycles. The predicted octanol–water partition coefficient (Wildman–Crippen LogP) is 1.58. The van der Waals surface area contributed by atoms with Crippen molar-refractivity contribution in [3.8, 4) is 0 Å². The van der Waals surface area contributed by atoms with Gasteiger partial charge in [-0.15, -0.1) is 0 Å². The molecule has 2 aliphatic heterocycles. The lowest BCUT2D eigenvalue weighted by atomic mass is 9.84. The van der Waals surface area contributed by atoms with E-state index in [1.165, 1.54) is 25.8 Å². The summed E-state index contributed by atoms with van der Waals surface area (Å²) in [6, 6.07) is 4.84. The van der Waals surface area contributed by atoms with Crippen LogP contribution in [0.1, 0.15) is 19.3 Å². The molecule has 98 valence electrons. The molecule has 2 N–H and O–H groups in total. The first-order valence-electron chi connectivity index (χ1n) is 6.91. The van der Waals surface area contributed by atoms with Gasteiger partial charge in [-0.2, -0.15) is 0 Å².